The lowest BCUT2D eigenvalue weighted by Gasteiger charge is -2.12. The van der Waals surface area contributed by atoms with Crippen LogP contribution in [0.5, 0.6) is 0 Å². The Kier molecular flexibility index (Phi) is 4.20. The van der Waals surface area contributed by atoms with Gasteiger partial charge in [-0.25, -0.2) is 4.98 Å². The first-order valence-corrected chi connectivity index (χ1v) is 6.88. The number of nitrogens with zero attached hydrogens (tertiary/aromatic N) is 2. The Hall–Kier alpha value is -0.840. The smallest absolute Gasteiger partial charge is 0.122 e. The van der Waals surface area contributed by atoms with Crippen molar-refractivity contribution in [3.63, 3.8) is 0 Å². The number of aromatic nitrogens is 2. The summed E-state index contributed by atoms with van der Waals surface area (Å²) in [5.74, 6) is 1.07. The first kappa shape index (κ1) is 12.6. The van der Waals surface area contributed by atoms with E-state index in [0.29, 0.717) is 6.04 Å². The summed E-state index contributed by atoms with van der Waals surface area (Å²) in [7, 11) is 0. The highest BCUT2D eigenvalue weighted by atomic mass is 35.5. The van der Waals surface area contributed by atoms with E-state index >= 15 is 0 Å². The maximum atomic E-state index is 5.93. The van der Waals surface area contributed by atoms with Crippen molar-refractivity contribution in [2.75, 3.05) is 0 Å². The third-order valence-electron chi connectivity index (χ3n) is 2.73. The second-order valence-electron chi connectivity index (χ2n) is 3.87. The minimum Gasteiger partial charge on any atom is -0.334 e. The molecule has 0 spiro atoms. The normalized spacial score (nSPS) is 12.9. The fourth-order valence-corrected chi connectivity index (χ4v) is 2.79. The average molecular weight is 270 g/mol. The highest BCUT2D eigenvalue weighted by molar-refractivity contribution is 7.16. The molecular weight excluding hydrogens is 254 g/mol. The molecule has 2 aromatic heterocycles. The molecule has 0 aromatic carbocycles. The summed E-state index contributed by atoms with van der Waals surface area (Å²) >= 11 is 7.54. The Morgan fingerprint density at radius 2 is 2.35 bits per heavy atom. The number of hydrogen-bond donors (Lipinski definition) is 1. The van der Waals surface area contributed by atoms with E-state index in [1.807, 2.05) is 18.5 Å². The molecule has 5 heteroatoms. The zero-order valence-corrected chi connectivity index (χ0v) is 11.6. The molecule has 0 aliphatic rings. The molecule has 1 N–H and O–H groups in total. The Labute approximate surface area is 110 Å². The van der Waals surface area contributed by atoms with Gasteiger partial charge in [0.25, 0.3) is 0 Å². The molecule has 3 nitrogen and oxygen atoms in total. The monoisotopic (exact) mass is 269 g/mol. The Morgan fingerprint density at radius 1 is 1.53 bits per heavy atom. The van der Waals surface area contributed by atoms with Crippen LogP contribution in [0.15, 0.2) is 24.5 Å². The molecule has 0 saturated heterocycles. The fraction of sp³-hybridized carbons (Fsp3) is 0.417. The van der Waals surface area contributed by atoms with E-state index in [-0.39, 0.29) is 0 Å². The lowest BCUT2D eigenvalue weighted by atomic mass is 10.3. The number of hydrogen-bond acceptors (Lipinski definition) is 3. The van der Waals surface area contributed by atoms with Crippen LogP contribution in [0.25, 0.3) is 0 Å². The van der Waals surface area contributed by atoms with Gasteiger partial charge >= 0.3 is 0 Å². The van der Waals surface area contributed by atoms with E-state index in [2.05, 4.69) is 34.8 Å². The van der Waals surface area contributed by atoms with Gasteiger partial charge < -0.3 is 9.88 Å². The molecule has 0 fully saturated rings. The van der Waals surface area contributed by atoms with Gasteiger partial charge in [0, 0.05) is 29.9 Å². The van der Waals surface area contributed by atoms with Crippen LogP contribution in [-0.2, 0) is 13.1 Å². The molecule has 92 valence electrons. The van der Waals surface area contributed by atoms with Crippen LogP contribution < -0.4 is 5.32 Å². The van der Waals surface area contributed by atoms with Crippen molar-refractivity contribution < 1.29 is 0 Å². The molecule has 0 aliphatic heterocycles. The number of imidazole rings is 1. The van der Waals surface area contributed by atoms with Crippen LogP contribution in [0, 0.1) is 0 Å². The lowest BCUT2D eigenvalue weighted by Crippen LogP contribution is -2.19. The molecule has 0 aliphatic carbocycles. The van der Waals surface area contributed by atoms with Crippen LogP contribution in [0.4, 0.5) is 0 Å². The van der Waals surface area contributed by atoms with E-state index < -0.39 is 0 Å². The Morgan fingerprint density at radius 3 is 3.00 bits per heavy atom. The van der Waals surface area contributed by atoms with Crippen LogP contribution in [0.2, 0.25) is 4.34 Å². The first-order valence-electron chi connectivity index (χ1n) is 5.69. The molecule has 0 bridgehead atoms. The summed E-state index contributed by atoms with van der Waals surface area (Å²) < 4.78 is 2.98. The maximum absolute atomic E-state index is 5.93. The largest absolute Gasteiger partial charge is 0.334 e. The zero-order valence-electron chi connectivity index (χ0n) is 9.98. The van der Waals surface area contributed by atoms with Gasteiger partial charge in [0.1, 0.15) is 5.82 Å². The minimum absolute atomic E-state index is 0.300. The van der Waals surface area contributed by atoms with Crippen molar-refractivity contribution in [2.24, 2.45) is 0 Å². The van der Waals surface area contributed by atoms with Gasteiger partial charge in [-0.2, -0.15) is 0 Å². The number of aryl methyl sites for hydroxylation is 1. The summed E-state index contributed by atoms with van der Waals surface area (Å²) in [4.78, 5) is 5.59. The predicted octanol–water partition coefficient (Wildman–Crippen LogP) is 3.47. The van der Waals surface area contributed by atoms with Gasteiger partial charge in [0.05, 0.1) is 10.9 Å². The van der Waals surface area contributed by atoms with Crippen molar-refractivity contribution in [1.82, 2.24) is 14.9 Å². The second kappa shape index (κ2) is 5.67. The number of thiophene rings is 1. The third kappa shape index (κ3) is 3.09. The fourth-order valence-electron chi connectivity index (χ4n) is 1.70. The molecule has 17 heavy (non-hydrogen) atoms. The molecule has 1 unspecified atom stereocenters. The number of halogens is 1. The summed E-state index contributed by atoms with van der Waals surface area (Å²) in [6, 6.07) is 4.30. The van der Waals surface area contributed by atoms with Crippen LogP contribution in [0.3, 0.4) is 0 Å². The Bertz CT molecular complexity index is 478. The zero-order chi connectivity index (χ0) is 12.3. The highest BCUT2D eigenvalue weighted by Crippen LogP contribution is 2.26. The molecular formula is C12H16ClN3S. The lowest BCUT2D eigenvalue weighted by molar-refractivity contribution is 0.546. The van der Waals surface area contributed by atoms with Crippen LogP contribution in [0.1, 0.15) is 30.6 Å². The first-order chi connectivity index (χ1) is 8.20. The van der Waals surface area contributed by atoms with Gasteiger partial charge in [0.2, 0.25) is 0 Å². The Balaban J connectivity index is 1.94. The van der Waals surface area contributed by atoms with Gasteiger partial charge in [0.15, 0.2) is 0 Å². The summed E-state index contributed by atoms with van der Waals surface area (Å²) in [5.41, 5.74) is 0. The van der Waals surface area contributed by atoms with E-state index in [1.54, 1.807) is 11.3 Å². The summed E-state index contributed by atoms with van der Waals surface area (Å²) in [5, 5.41) is 3.46. The topological polar surface area (TPSA) is 29.9 Å². The van der Waals surface area contributed by atoms with Gasteiger partial charge in [-0.05, 0) is 26.0 Å². The summed E-state index contributed by atoms with van der Waals surface area (Å²) in [6.07, 6.45) is 3.84. The van der Waals surface area contributed by atoms with Crippen LogP contribution in [-0.4, -0.2) is 9.55 Å². The third-order valence-corrected chi connectivity index (χ3v) is 4.14. The number of nitrogens with one attached hydrogen (secondary N) is 1. The van der Waals surface area contributed by atoms with E-state index in [9.17, 15) is 0 Å². The molecule has 0 saturated carbocycles. The average Bonchev–Trinajstić information content (AvgIpc) is 2.94. The summed E-state index contributed by atoms with van der Waals surface area (Å²) in [6.45, 7) is 5.99. The van der Waals surface area contributed by atoms with E-state index in [1.165, 1.54) is 4.88 Å². The van der Waals surface area contributed by atoms with Crippen molar-refractivity contribution in [1.29, 1.82) is 0 Å². The molecule has 1 atom stereocenters. The minimum atomic E-state index is 0.300. The maximum Gasteiger partial charge on any atom is 0.122 e. The standard InChI is InChI=1S/C12H16ClN3S/c1-3-16-7-6-14-12(16)8-15-9(2)10-4-5-11(13)17-10/h4-7,9,15H,3,8H2,1-2H3. The molecule has 2 heterocycles. The van der Waals surface area contributed by atoms with Crippen molar-refractivity contribution in [3.05, 3.63) is 39.6 Å². The molecule has 2 rings (SSSR count). The number of rotatable bonds is 5. The van der Waals surface area contributed by atoms with E-state index in [4.69, 9.17) is 11.6 Å². The van der Waals surface area contributed by atoms with Crippen molar-refractivity contribution in [2.45, 2.75) is 33.0 Å². The SMILES string of the molecule is CCn1ccnc1CNC(C)c1ccc(Cl)s1. The quantitative estimate of drug-likeness (QED) is 0.901. The highest BCUT2D eigenvalue weighted by Gasteiger charge is 2.09. The molecule has 2 aromatic rings. The van der Waals surface area contributed by atoms with Gasteiger partial charge in [-0.1, -0.05) is 11.6 Å². The van der Waals surface area contributed by atoms with Gasteiger partial charge in [-0.3, -0.25) is 0 Å². The molecule has 0 radical (unpaired) electrons. The second-order valence-corrected chi connectivity index (χ2v) is 5.62. The van der Waals surface area contributed by atoms with Gasteiger partial charge in [-0.15, -0.1) is 11.3 Å². The molecule has 0 amide bonds. The van der Waals surface area contributed by atoms with Crippen LogP contribution >= 0.6 is 22.9 Å². The van der Waals surface area contributed by atoms with Crippen molar-refractivity contribution in [3.8, 4) is 0 Å². The predicted molar refractivity (Wildman–Crippen MR) is 72.5 cm³/mol. The van der Waals surface area contributed by atoms with E-state index in [0.717, 1.165) is 23.3 Å². The van der Waals surface area contributed by atoms with Crippen molar-refractivity contribution >= 4 is 22.9 Å².